The molecule has 1 fully saturated rings. The topological polar surface area (TPSA) is 70.2 Å². The maximum absolute atomic E-state index is 13.3. The van der Waals surface area contributed by atoms with Crippen molar-refractivity contribution >= 4 is 29.2 Å². The van der Waals surface area contributed by atoms with E-state index >= 15 is 0 Å². The van der Waals surface area contributed by atoms with Gasteiger partial charge < -0.3 is 10.6 Å². The van der Waals surface area contributed by atoms with Crippen molar-refractivity contribution < 1.29 is 14.0 Å². The first kappa shape index (κ1) is 13.6. The van der Waals surface area contributed by atoms with Crippen molar-refractivity contribution in [1.29, 1.82) is 0 Å². The Morgan fingerprint density at radius 3 is 2.79 bits per heavy atom. The molecule has 3 N–H and O–H groups in total. The van der Waals surface area contributed by atoms with Gasteiger partial charge in [0.1, 0.15) is 5.82 Å². The largest absolute Gasteiger partial charge is 0.374 e. The molecule has 5 nitrogen and oxygen atoms in total. The number of benzene rings is 1. The highest BCUT2D eigenvalue weighted by molar-refractivity contribution is 6.30. The van der Waals surface area contributed by atoms with Crippen LogP contribution in [0.4, 0.5) is 14.9 Å². The van der Waals surface area contributed by atoms with E-state index in [2.05, 4.69) is 16.0 Å². The normalized spacial score (nSPS) is 13.8. The number of carbonyl (C=O) groups is 2. The fourth-order valence-electron chi connectivity index (χ4n) is 1.43. The van der Waals surface area contributed by atoms with Crippen LogP contribution in [0.1, 0.15) is 12.8 Å². The number of nitrogens with one attached hydrogen (secondary N) is 3. The van der Waals surface area contributed by atoms with Gasteiger partial charge >= 0.3 is 6.03 Å². The highest BCUT2D eigenvalue weighted by atomic mass is 35.5. The summed E-state index contributed by atoms with van der Waals surface area (Å²) < 4.78 is 13.3. The predicted molar refractivity (Wildman–Crippen MR) is 69.6 cm³/mol. The SMILES string of the molecule is O=C(CNc1cc(Cl)ccc1F)NC(=O)NC1CC1. The van der Waals surface area contributed by atoms with Crippen molar-refractivity contribution in [1.82, 2.24) is 10.6 Å². The van der Waals surface area contributed by atoms with E-state index in [0.29, 0.717) is 5.02 Å². The van der Waals surface area contributed by atoms with E-state index in [1.54, 1.807) is 0 Å². The van der Waals surface area contributed by atoms with Crippen molar-refractivity contribution in [3.05, 3.63) is 29.0 Å². The van der Waals surface area contributed by atoms with Crippen LogP contribution in [0.3, 0.4) is 0 Å². The number of carbonyl (C=O) groups excluding carboxylic acids is 2. The van der Waals surface area contributed by atoms with Gasteiger partial charge in [0, 0.05) is 11.1 Å². The molecule has 0 spiro atoms. The van der Waals surface area contributed by atoms with Gasteiger partial charge in [0.25, 0.3) is 0 Å². The van der Waals surface area contributed by atoms with Crippen molar-refractivity contribution in [2.75, 3.05) is 11.9 Å². The molecule has 0 aromatic heterocycles. The van der Waals surface area contributed by atoms with E-state index in [0.717, 1.165) is 12.8 Å². The van der Waals surface area contributed by atoms with E-state index in [9.17, 15) is 14.0 Å². The second-order valence-corrected chi connectivity index (χ2v) is 4.71. The van der Waals surface area contributed by atoms with Crippen LogP contribution in [-0.2, 0) is 4.79 Å². The molecule has 1 saturated carbocycles. The lowest BCUT2D eigenvalue weighted by Gasteiger charge is -2.08. The summed E-state index contributed by atoms with van der Waals surface area (Å²) in [6.45, 7) is -0.213. The molecule has 0 atom stereocenters. The molecule has 19 heavy (non-hydrogen) atoms. The van der Waals surface area contributed by atoms with Gasteiger partial charge in [-0.2, -0.15) is 0 Å². The Balaban J connectivity index is 1.78. The van der Waals surface area contributed by atoms with Gasteiger partial charge in [-0.05, 0) is 31.0 Å². The molecule has 1 aromatic carbocycles. The van der Waals surface area contributed by atoms with Crippen LogP contribution >= 0.6 is 11.6 Å². The third-order valence-electron chi connectivity index (χ3n) is 2.53. The van der Waals surface area contributed by atoms with E-state index in [1.165, 1.54) is 18.2 Å². The molecule has 102 valence electrons. The summed E-state index contributed by atoms with van der Waals surface area (Å²) in [7, 11) is 0. The van der Waals surface area contributed by atoms with Gasteiger partial charge in [-0.3, -0.25) is 10.1 Å². The first-order valence-corrected chi connectivity index (χ1v) is 6.21. The lowest BCUT2D eigenvalue weighted by molar-refractivity contribution is -0.118. The van der Waals surface area contributed by atoms with Gasteiger partial charge in [0.2, 0.25) is 5.91 Å². The minimum atomic E-state index is -0.544. The monoisotopic (exact) mass is 285 g/mol. The fraction of sp³-hybridized carbons (Fsp3) is 0.333. The summed E-state index contributed by atoms with van der Waals surface area (Å²) in [6, 6.07) is 3.62. The minimum Gasteiger partial charge on any atom is -0.374 e. The number of rotatable bonds is 4. The van der Waals surface area contributed by atoms with Crippen LogP contribution < -0.4 is 16.0 Å². The third-order valence-corrected chi connectivity index (χ3v) is 2.77. The van der Waals surface area contributed by atoms with Crippen molar-refractivity contribution in [3.8, 4) is 0 Å². The van der Waals surface area contributed by atoms with Gasteiger partial charge in [0.05, 0.1) is 12.2 Å². The molecule has 0 saturated heterocycles. The second-order valence-electron chi connectivity index (χ2n) is 4.27. The lowest BCUT2D eigenvalue weighted by atomic mass is 10.3. The summed E-state index contributed by atoms with van der Waals surface area (Å²) in [5.74, 6) is -1.06. The van der Waals surface area contributed by atoms with E-state index in [-0.39, 0.29) is 18.3 Å². The molecule has 0 radical (unpaired) electrons. The number of halogens is 2. The molecule has 1 aliphatic carbocycles. The summed E-state index contributed by atoms with van der Waals surface area (Å²) in [4.78, 5) is 22.7. The Morgan fingerprint density at radius 1 is 1.37 bits per heavy atom. The smallest absolute Gasteiger partial charge is 0.321 e. The zero-order valence-corrected chi connectivity index (χ0v) is 10.8. The van der Waals surface area contributed by atoms with Gasteiger partial charge in [-0.25, -0.2) is 9.18 Å². The number of anilines is 1. The van der Waals surface area contributed by atoms with E-state index < -0.39 is 17.8 Å². The van der Waals surface area contributed by atoms with Crippen LogP contribution in [0.5, 0.6) is 0 Å². The Hall–Kier alpha value is -1.82. The Bertz CT molecular complexity index is 506. The Labute approximate surface area is 114 Å². The van der Waals surface area contributed by atoms with Crippen LogP contribution in [0.25, 0.3) is 0 Å². The number of imide groups is 1. The Morgan fingerprint density at radius 2 is 2.11 bits per heavy atom. The average Bonchev–Trinajstić information content (AvgIpc) is 3.14. The second kappa shape index (κ2) is 5.88. The van der Waals surface area contributed by atoms with Crippen LogP contribution in [0.15, 0.2) is 18.2 Å². The third kappa shape index (κ3) is 4.40. The first-order chi connectivity index (χ1) is 9.04. The summed E-state index contributed by atoms with van der Waals surface area (Å²) >= 11 is 5.71. The molecule has 0 heterocycles. The maximum Gasteiger partial charge on any atom is 0.321 e. The Kier molecular flexibility index (Phi) is 4.21. The molecular formula is C12H13ClFN3O2. The number of hydrogen-bond acceptors (Lipinski definition) is 3. The van der Waals surface area contributed by atoms with E-state index in [4.69, 9.17) is 11.6 Å². The zero-order chi connectivity index (χ0) is 13.8. The van der Waals surface area contributed by atoms with Gasteiger partial charge in [0.15, 0.2) is 0 Å². The van der Waals surface area contributed by atoms with Crippen LogP contribution in [-0.4, -0.2) is 24.5 Å². The number of hydrogen-bond donors (Lipinski definition) is 3. The molecule has 1 aromatic rings. The summed E-state index contributed by atoms with van der Waals surface area (Å²) in [5.41, 5.74) is 0.116. The summed E-state index contributed by atoms with van der Waals surface area (Å²) in [6.07, 6.45) is 1.88. The maximum atomic E-state index is 13.3. The highest BCUT2D eigenvalue weighted by Gasteiger charge is 2.23. The van der Waals surface area contributed by atoms with Crippen LogP contribution in [0.2, 0.25) is 5.02 Å². The summed E-state index contributed by atoms with van der Waals surface area (Å²) in [5, 5.41) is 7.69. The lowest BCUT2D eigenvalue weighted by Crippen LogP contribution is -2.42. The zero-order valence-electron chi connectivity index (χ0n) is 10.0. The molecule has 3 amide bonds. The number of urea groups is 1. The van der Waals surface area contributed by atoms with Crippen molar-refractivity contribution in [3.63, 3.8) is 0 Å². The fourth-order valence-corrected chi connectivity index (χ4v) is 1.60. The van der Waals surface area contributed by atoms with E-state index in [1.807, 2.05) is 0 Å². The van der Waals surface area contributed by atoms with Crippen molar-refractivity contribution in [2.24, 2.45) is 0 Å². The van der Waals surface area contributed by atoms with Crippen molar-refractivity contribution in [2.45, 2.75) is 18.9 Å². The first-order valence-electron chi connectivity index (χ1n) is 5.84. The molecule has 2 rings (SSSR count). The average molecular weight is 286 g/mol. The molecule has 1 aliphatic rings. The van der Waals surface area contributed by atoms with Gasteiger partial charge in [-0.15, -0.1) is 0 Å². The molecule has 0 aliphatic heterocycles. The molecule has 0 bridgehead atoms. The number of amides is 3. The molecule has 7 heteroatoms. The molecule has 0 unspecified atom stereocenters. The van der Waals surface area contributed by atoms with Crippen LogP contribution in [0, 0.1) is 5.82 Å². The van der Waals surface area contributed by atoms with Gasteiger partial charge in [-0.1, -0.05) is 11.6 Å². The highest BCUT2D eigenvalue weighted by Crippen LogP contribution is 2.19. The predicted octanol–water partition coefficient (Wildman–Crippen LogP) is 1.88. The standard InChI is InChI=1S/C12H13ClFN3O2/c13-7-1-4-9(14)10(5-7)15-6-11(18)17-12(19)16-8-2-3-8/h1,4-5,8,15H,2-3,6H2,(H2,16,17,18,19). The minimum absolute atomic E-state index is 0.116. The molecular weight excluding hydrogens is 273 g/mol. The quantitative estimate of drug-likeness (QED) is 0.791.